The topological polar surface area (TPSA) is 46.2 Å². The van der Waals surface area contributed by atoms with Crippen LogP contribution in [0.4, 0.5) is 0 Å². The smallest absolute Gasteiger partial charge is 0.115 e. The molecule has 2 rings (SSSR count). The first-order valence-electron chi connectivity index (χ1n) is 6.47. The number of hydrogen-bond acceptors (Lipinski definition) is 2. The van der Waals surface area contributed by atoms with Crippen molar-refractivity contribution in [1.29, 1.82) is 0 Å². The molecule has 0 heterocycles. The van der Waals surface area contributed by atoms with Crippen molar-refractivity contribution in [1.82, 2.24) is 0 Å². The van der Waals surface area contributed by atoms with Gasteiger partial charge in [0, 0.05) is 12.0 Å². The van der Waals surface area contributed by atoms with Crippen LogP contribution in [-0.2, 0) is 5.41 Å². The van der Waals surface area contributed by atoms with E-state index in [1.807, 2.05) is 12.1 Å². The first kappa shape index (κ1) is 12.4. The molecule has 17 heavy (non-hydrogen) atoms. The maximum absolute atomic E-state index is 9.62. The van der Waals surface area contributed by atoms with Crippen molar-refractivity contribution in [2.45, 2.75) is 44.9 Å². The van der Waals surface area contributed by atoms with Gasteiger partial charge in [-0.1, -0.05) is 26.0 Å². The minimum atomic E-state index is 0.0776. The average Bonchev–Trinajstić information content (AvgIpc) is 2.30. The predicted octanol–water partition coefficient (Wildman–Crippen LogP) is 3.19. The Hall–Kier alpha value is -1.02. The Morgan fingerprint density at radius 2 is 1.82 bits per heavy atom. The molecule has 1 aromatic carbocycles. The van der Waals surface area contributed by atoms with Crippen molar-refractivity contribution in [3.63, 3.8) is 0 Å². The molecule has 0 atom stereocenters. The Bertz CT molecular complexity index is 388. The molecule has 0 spiro atoms. The zero-order chi connectivity index (χ0) is 12.5. The fourth-order valence-corrected chi connectivity index (χ4v) is 2.85. The van der Waals surface area contributed by atoms with E-state index >= 15 is 0 Å². The van der Waals surface area contributed by atoms with E-state index in [2.05, 4.69) is 19.9 Å². The number of benzene rings is 1. The summed E-state index contributed by atoms with van der Waals surface area (Å²) >= 11 is 0. The third-order valence-electron chi connectivity index (χ3n) is 4.41. The van der Waals surface area contributed by atoms with Gasteiger partial charge in [-0.2, -0.15) is 0 Å². The molecule has 1 saturated carbocycles. The van der Waals surface area contributed by atoms with E-state index in [0.29, 0.717) is 17.7 Å². The minimum absolute atomic E-state index is 0.0776. The maximum atomic E-state index is 9.62. The summed E-state index contributed by atoms with van der Waals surface area (Å²) < 4.78 is 0. The summed E-state index contributed by atoms with van der Waals surface area (Å²) in [4.78, 5) is 0. The summed E-state index contributed by atoms with van der Waals surface area (Å²) in [7, 11) is 0. The van der Waals surface area contributed by atoms with Crippen molar-refractivity contribution in [2.75, 3.05) is 6.54 Å². The number of phenols is 1. The van der Waals surface area contributed by atoms with Crippen molar-refractivity contribution >= 4 is 0 Å². The largest absolute Gasteiger partial charge is 0.508 e. The quantitative estimate of drug-likeness (QED) is 0.824. The lowest BCUT2D eigenvalue weighted by atomic mass is 9.62. The van der Waals surface area contributed by atoms with Crippen LogP contribution in [0.25, 0.3) is 0 Å². The fourth-order valence-electron chi connectivity index (χ4n) is 2.85. The first-order chi connectivity index (χ1) is 7.97. The van der Waals surface area contributed by atoms with E-state index in [9.17, 15) is 5.11 Å². The summed E-state index contributed by atoms with van der Waals surface area (Å²) in [5, 5.41) is 9.62. The molecule has 0 unspecified atom stereocenters. The Kier molecular flexibility index (Phi) is 3.17. The highest BCUT2D eigenvalue weighted by Gasteiger charge is 2.38. The molecule has 2 nitrogen and oxygen atoms in total. The zero-order valence-electron chi connectivity index (χ0n) is 10.9. The number of phenolic OH excluding ortho intramolecular Hbond substituents is 1. The van der Waals surface area contributed by atoms with Crippen LogP contribution >= 0.6 is 0 Å². The van der Waals surface area contributed by atoms with Gasteiger partial charge in [-0.05, 0) is 48.8 Å². The average molecular weight is 233 g/mol. The molecule has 94 valence electrons. The minimum Gasteiger partial charge on any atom is -0.508 e. The molecule has 0 amide bonds. The van der Waals surface area contributed by atoms with Crippen molar-refractivity contribution in [3.05, 3.63) is 29.8 Å². The summed E-state index contributed by atoms with van der Waals surface area (Å²) in [6, 6.07) is 7.62. The highest BCUT2D eigenvalue weighted by Crippen LogP contribution is 2.46. The molecular formula is C15H23NO. The molecule has 0 bridgehead atoms. The lowest BCUT2D eigenvalue weighted by Crippen LogP contribution is -2.40. The van der Waals surface area contributed by atoms with Gasteiger partial charge in [-0.15, -0.1) is 0 Å². The van der Waals surface area contributed by atoms with Gasteiger partial charge in [-0.25, -0.2) is 0 Å². The monoisotopic (exact) mass is 233 g/mol. The SMILES string of the molecule is CC1(C)CCC(CN)(c2cccc(O)c2)CC1. The van der Waals surface area contributed by atoms with Gasteiger partial charge in [0.2, 0.25) is 0 Å². The zero-order valence-corrected chi connectivity index (χ0v) is 10.9. The van der Waals surface area contributed by atoms with Gasteiger partial charge >= 0.3 is 0 Å². The van der Waals surface area contributed by atoms with Gasteiger partial charge in [0.15, 0.2) is 0 Å². The van der Waals surface area contributed by atoms with Crippen molar-refractivity contribution < 1.29 is 5.11 Å². The molecule has 1 aromatic rings. The van der Waals surface area contributed by atoms with E-state index < -0.39 is 0 Å². The first-order valence-corrected chi connectivity index (χ1v) is 6.47. The molecule has 2 heteroatoms. The molecule has 3 N–H and O–H groups in total. The summed E-state index contributed by atoms with van der Waals surface area (Å²) in [5.41, 5.74) is 7.75. The molecule has 0 saturated heterocycles. The van der Waals surface area contributed by atoms with Crippen molar-refractivity contribution in [2.24, 2.45) is 11.1 Å². The van der Waals surface area contributed by atoms with Crippen LogP contribution in [0, 0.1) is 5.41 Å². The maximum Gasteiger partial charge on any atom is 0.115 e. The van der Waals surface area contributed by atoms with Crippen LogP contribution in [0.1, 0.15) is 45.1 Å². The lowest BCUT2D eigenvalue weighted by Gasteiger charge is -2.43. The number of rotatable bonds is 2. The van der Waals surface area contributed by atoms with E-state index in [0.717, 1.165) is 12.8 Å². The van der Waals surface area contributed by atoms with Crippen LogP contribution in [0.3, 0.4) is 0 Å². The van der Waals surface area contributed by atoms with Gasteiger partial charge < -0.3 is 10.8 Å². The molecule has 0 aromatic heterocycles. The van der Waals surface area contributed by atoms with Gasteiger partial charge in [0.25, 0.3) is 0 Å². The van der Waals surface area contributed by atoms with E-state index in [4.69, 9.17) is 5.73 Å². The number of nitrogens with two attached hydrogens (primary N) is 1. The second-order valence-electron chi connectivity index (χ2n) is 6.20. The van der Waals surface area contributed by atoms with Gasteiger partial charge in [0.05, 0.1) is 0 Å². The van der Waals surface area contributed by atoms with Crippen LogP contribution in [0.15, 0.2) is 24.3 Å². The van der Waals surface area contributed by atoms with Crippen LogP contribution in [0.5, 0.6) is 5.75 Å². The van der Waals surface area contributed by atoms with E-state index in [1.54, 1.807) is 6.07 Å². The standard InChI is InChI=1S/C15H23NO/c1-14(2)6-8-15(11-16,9-7-14)12-4-3-5-13(17)10-12/h3-5,10,17H,6-9,11,16H2,1-2H3. The Balaban J connectivity index is 2.27. The summed E-state index contributed by atoms with van der Waals surface area (Å²) in [5.74, 6) is 0.347. The fraction of sp³-hybridized carbons (Fsp3) is 0.600. The molecule has 0 aliphatic heterocycles. The van der Waals surface area contributed by atoms with Crippen molar-refractivity contribution in [3.8, 4) is 5.75 Å². The normalized spacial score (nSPS) is 22.3. The van der Waals surface area contributed by atoms with Crippen LogP contribution in [0.2, 0.25) is 0 Å². The highest BCUT2D eigenvalue weighted by molar-refractivity contribution is 5.34. The molecule has 0 radical (unpaired) electrons. The third-order valence-corrected chi connectivity index (χ3v) is 4.41. The van der Waals surface area contributed by atoms with Gasteiger partial charge in [-0.3, -0.25) is 0 Å². The van der Waals surface area contributed by atoms with Crippen LogP contribution in [-0.4, -0.2) is 11.7 Å². The van der Waals surface area contributed by atoms with E-state index in [-0.39, 0.29) is 5.41 Å². The number of aromatic hydroxyl groups is 1. The molecule has 1 fully saturated rings. The summed E-state index contributed by atoms with van der Waals surface area (Å²) in [6.45, 7) is 5.33. The van der Waals surface area contributed by atoms with E-state index in [1.165, 1.54) is 18.4 Å². The van der Waals surface area contributed by atoms with Crippen LogP contribution < -0.4 is 5.73 Å². The molecule has 1 aliphatic carbocycles. The predicted molar refractivity (Wildman–Crippen MR) is 71.1 cm³/mol. The Morgan fingerprint density at radius 3 is 2.35 bits per heavy atom. The molecular weight excluding hydrogens is 210 g/mol. The summed E-state index contributed by atoms with van der Waals surface area (Å²) in [6.07, 6.45) is 4.67. The van der Waals surface area contributed by atoms with Gasteiger partial charge in [0.1, 0.15) is 5.75 Å². The third kappa shape index (κ3) is 2.47. The Morgan fingerprint density at radius 1 is 1.18 bits per heavy atom. The second-order valence-corrected chi connectivity index (χ2v) is 6.20. The number of hydrogen-bond donors (Lipinski definition) is 2. The second kappa shape index (κ2) is 4.34. The highest BCUT2D eigenvalue weighted by atomic mass is 16.3. The lowest BCUT2D eigenvalue weighted by molar-refractivity contribution is 0.166. The Labute approximate surface area is 104 Å². The molecule has 1 aliphatic rings.